The number of benzene rings is 1. The van der Waals surface area contributed by atoms with E-state index in [0.29, 0.717) is 12.0 Å². The Hall–Kier alpha value is -2.30. The number of aromatic nitrogens is 2. The summed E-state index contributed by atoms with van der Waals surface area (Å²) in [6, 6.07) is 9.59. The number of nitrogens with zero attached hydrogens (tertiary/aromatic N) is 2. The van der Waals surface area contributed by atoms with Crippen LogP contribution in [0.15, 0.2) is 30.3 Å². The van der Waals surface area contributed by atoms with Crippen LogP contribution in [-0.4, -0.2) is 21.1 Å². The van der Waals surface area contributed by atoms with E-state index in [1.54, 1.807) is 12.1 Å². The quantitative estimate of drug-likeness (QED) is 0.704. The number of nitrogens with one attached hydrogen (secondary N) is 2. The SMILES string of the molecule is Oc1ccc(Nc2cc(C3CC3)nc(NC3CCCCC3)n2)cc1. The van der Waals surface area contributed by atoms with E-state index < -0.39 is 0 Å². The summed E-state index contributed by atoms with van der Waals surface area (Å²) in [5.41, 5.74) is 2.04. The van der Waals surface area contributed by atoms with Crippen LogP contribution in [0.4, 0.5) is 17.5 Å². The van der Waals surface area contributed by atoms with Gasteiger partial charge < -0.3 is 15.7 Å². The molecule has 0 atom stereocenters. The van der Waals surface area contributed by atoms with E-state index in [2.05, 4.69) is 21.7 Å². The molecule has 4 rings (SSSR count). The van der Waals surface area contributed by atoms with Crippen LogP contribution in [0.25, 0.3) is 0 Å². The first-order valence-electron chi connectivity index (χ1n) is 8.98. The lowest BCUT2D eigenvalue weighted by Gasteiger charge is -2.23. The summed E-state index contributed by atoms with van der Waals surface area (Å²) in [6.07, 6.45) is 8.78. The molecule has 0 saturated heterocycles. The van der Waals surface area contributed by atoms with Crippen LogP contribution < -0.4 is 10.6 Å². The summed E-state index contributed by atoms with van der Waals surface area (Å²) >= 11 is 0. The highest BCUT2D eigenvalue weighted by atomic mass is 16.3. The van der Waals surface area contributed by atoms with Crippen molar-refractivity contribution in [1.29, 1.82) is 0 Å². The van der Waals surface area contributed by atoms with Crippen LogP contribution in [-0.2, 0) is 0 Å². The highest BCUT2D eigenvalue weighted by molar-refractivity contribution is 5.58. The largest absolute Gasteiger partial charge is 0.508 e. The Morgan fingerprint density at radius 1 is 0.917 bits per heavy atom. The molecule has 2 fully saturated rings. The molecule has 0 bridgehead atoms. The van der Waals surface area contributed by atoms with Gasteiger partial charge in [-0.1, -0.05) is 19.3 Å². The molecular weight excluding hydrogens is 300 g/mol. The van der Waals surface area contributed by atoms with Crippen LogP contribution in [0.2, 0.25) is 0 Å². The van der Waals surface area contributed by atoms with E-state index in [4.69, 9.17) is 4.98 Å². The second-order valence-corrected chi connectivity index (χ2v) is 6.93. The van der Waals surface area contributed by atoms with Crippen molar-refractivity contribution in [3.05, 3.63) is 36.0 Å². The maximum atomic E-state index is 9.41. The lowest BCUT2D eigenvalue weighted by molar-refractivity contribution is 0.460. The molecule has 24 heavy (non-hydrogen) atoms. The van der Waals surface area contributed by atoms with Crippen molar-refractivity contribution < 1.29 is 5.11 Å². The molecule has 3 N–H and O–H groups in total. The van der Waals surface area contributed by atoms with Crippen molar-refractivity contribution in [1.82, 2.24) is 9.97 Å². The third kappa shape index (κ3) is 3.78. The predicted molar refractivity (Wildman–Crippen MR) is 95.9 cm³/mol. The van der Waals surface area contributed by atoms with Crippen molar-refractivity contribution in [2.45, 2.75) is 56.9 Å². The van der Waals surface area contributed by atoms with Crippen molar-refractivity contribution in [2.24, 2.45) is 0 Å². The van der Waals surface area contributed by atoms with Crippen molar-refractivity contribution >= 4 is 17.5 Å². The van der Waals surface area contributed by atoms with Crippen LogP contribution in [0, 0.1) is 0 Å². The minimum atomic E-state index is 0.265. The normalized spacial score (nSPS) is 18.3. The van der Waals surface area contributed by atoms with Crippen LogP contribution in [0.3, 0.4) is 0 Å². The van der Waals surface area contributed by atoms with Gasteiger partial charge in [-0.05, 0) is 49.9 Å². The highest BCUT2D eigenvalue weighted by Gasteiger charge is 2.26. The molecule has 126 valence electrons. The summed E-state index contributed by atoms with van der Waals surface area (Å²) in [5, 5.41) is 16.3. The van der Waals surface area contributed by atoms with E-state index >= 15 is 0 Å². The van der Waals surface area contributed by atoms with Crippen LogP contribution >= 0.6 is 0 Å². The fourth-order valence-electron chi connectivity index (χ4n) is 3.30. The molecule has 1 heterocycles. The Labute approximate surface area is 142 Å². The average Bonchev–Trinajstić information content (AvgIpc) is 3.43. The highest BCUT2D eigenvalue weighted by Crippen LogP contribution is 2.40. The van der Waals surface area contributed by atoms with Gasteiger partial charge in [0.15, 0.2) is 0 Å². The summed E-state index contributed by atoms with van der Waals surface area (Å²) in [4.78, 5) is 9.40. The van der Waals surface area contributed by atoms with Gasteiger partial charge in [0.2, 0.25) is 5.95 Å². The van der Waals surface area contributed by atoms with Crippen molar-refractivity contribution in [3.8, 4) is 5.75 Å². The number of phenols is 1. The zero-order valence-corrected chi connectivity index (χ0v) is 13.8. The molecule has 2 aliphatic rings. The van der Waals surface area contributed by atoms with E-state index in [9.17, 15) is 5.11 Å². The first-order valence-corrected chi connectivity index (χ1v) is 8.98. The minimum absolute atomic E-state index is 0.265. The lowest BCUT2D eigenvalue weighted by atomic mass is 9.96. The molecule has 5 heteroatoms. The molecule has 2 saturated carbocycles. The van der Waals surface area contributed by atoms with Gasteiger partial charge in [0, 0.05) is 23.7 Å². The monoisotopic (exact) mass is 324 g/mol. The Bertz CT molecular complexity index is 691. The molecule has 1 aromatic carbocycles. The molecule has 1 aromatic heterocycles. The number of aromatic hydroxyl groups is 1. The van der Waals surface area contributed by atoms with Gasteiger partial charge in [0.05, 0.1) is 5.69 Å². The van der Waals surface area contributed by atoms with Gasteiger partial charge in [-0.2, -0.15) is 4.98 Å². The third-order valence-electron chi connectivity index (χ3n) is 4.82. The summed E-state index contributed by atoms with van der Waals surface area (Å²) in [7, 11) is 0. The van der Waals surface area contributed by atoms with E-state index in [1.165, 1.54) is 44.9 Å². The molecule has 0 unspecified atom stereocenters. The molecule has 2 aromatic rings. The standard InChI is InChI=1S/C19H24N4O/c24-16-10-8-15(9-11-16)20-18-12-17(13-6-7-13)22-19(23-18)21-14-4-2-1-3-5-14/h8-14,24H,1-7H2,(H2,20,21,22,23). The molecule has 0 spiro atoms. The second-order valence-electron chi connectivity index (χ2n) is 6.93. The Kier molecular flexibility index (Phi) is 4.24. The summed E-state index contributed by atoms with van der Waals surface area (Å²) in [5.74, 6) is 2.41. The zero-order chi connectivity index (χ0) is 16.4. The molecule has 2 aliphatic carbocycles. The predicted octanol–water partition coefficient (Wildman–Crippen LogP) is 4.55. The maximum Gasteiger partial charge on any atom is 0.225 e. The van der Waals surface area contributed by atoms with Crippen LogP contribution in [0.1, 0.15) is 56.6 Å². The first-order chi connectivity index (χ1) is 11.8. The fourth-order valence-corrected chi connectivity index (χ4v) is 3.30. The number of phenolic OH excluding ortho intramolecular Hbond substituents is 1. The van der Waals surface area contributed by atoms with Crippen molar-refractivity contribution in [3.63, 3.8) is 0 Å². The van der Waals surface area contributed by atoms with Gasteiger partial charge in [-0.3, -0.25) is 0 Å². The average molecular weight is 324 g/mol. The number of hydrogen-bond acceptors (Lipinski definition) is 5. The second kappa shape index (κ2) is 6.67. The Morgan fingerprint density at radius 2 is 1.67 bits per heavy atom. The van der Waals surface area contributed by atoms with Crippen molar-refractivity contribution in [2.75, 3.05) is 10.6 Å². The van der Waals surface area contributed by atoms with E-state index in [0.717, 1.165) is 23.1 Å². The first kappa shape index (κ1) is 15.2. The Balaban J connectivity index is 1.54. The smallest absolute Gasteiger partial charge is 0.225 e. The fraction of sp³-hybridized carbons (Fsp3) is 0.474. The minimum Gasteiger partial charge on any atom is -0.508 e. The van der Waals surface area contributed by atoms with Gasteiger partial charge in [0.1, 0.15) is 11.6 Å². The third-order valence-corrected chi connectivity index (χ3v) is 4.82. The summed E-state index contributed by atoms with van der Waals surface area (Å²) < 4.78 is 0. The molecule has 0 radical (unpaired) electrons. The van der Waals surface area contributed by atoms with Gasteiger partial charge in [0.25, 0.3) is 0 Å². The zero-order valence-electron chi connectivity index (χ0n) is 13.8. The Morgan fingerprint density at radius 3 is 2.38 bits per heavy atom. The topological polar surface area (TPSA) is 70.1 Å². The molecular formula is C19H24N4O. The van der Waals surface area contributed by atoms with E-state index in [-0.39, 0.29) is 5.75 Å². The lowest BCUT2D eigenvalue weighted by Crippen LogP contribution is -2.23. The van der Waals surface area contributed by atoms with Crippen LogP contribution in [0.5, 0.6) is 5.75 Å². The number of anilines is 3. The summed E-state index contributed by atoms with van der Waals surface area (Å²) in [6.45, 7) is 0. The van der Waals surface area contributed by atoms with E-state index in [1.807, 2.05) is 12.1 Å². The molecule has 5 nitrogen and oxygen atoms in total. The molecule has 0 aliphatic heterocycles. The van der Waals surface area contributed by atoms with Gasteiger partial charge >= 0.3 is 0 Å². The number of rotatable bonds is 5. The van der Waals surface area contributed by atoms with Gasteiger partial charge in [-0.15, -0.1) is 0 Å². The number of hydrogen-bond donors (Lipinski definition) is 3. The maximum absolute atomic E-state index is 9.41. The van der Waals surface area contributed by atoms with Gasteiger partial charge in [-0.25, -0.2) is 4.98 Å². The molecule has 0 amide bonds.